The molecule has 0 saturated carbocycles. The molecule has 0 aliphatic heterocycles. The molecule has 0 saturated heterocycles. The van der Waals surface area contributed by atoms with Crippen LogP contribution in [-0.4, -0.2) is 4.98 Å². The van der Waals surface area contributed by atoms with Crippen molar-refractivity contribution in [3.63, 3.8) is 0 Å². The number of nitrogens with one attached hydrogen (secondary N) is 1. The van der Waals surface area contributed by atoms with Crippen LogP contribution in [0.4, 0.5) is 17.2 Å². The Morgan fingerprint density at radius 3 is 2.82 bits per heavy atom. The highest BCUT2D eigenvalue weighted by Gasteiger charge is 2.01. The summed E-state index contributed by atoms with van der Waals surface area (Å²) in [7, 11) is 0. The summed E-state index contributed by atoms with van der Waals surface area (Å²) in [5, 5.41) is 12.1. The summed E-state index contributed by atoms with van der Waals surface area (Å²) < 4.78 is 0. The smallest absolute Gasteiger partial charge is 0.125 e. The number of nitrogens with two attached hydrogens (primary N) is 1. The molecule has 0 atom stereocenters. The lowest BCUT2D eigenvalue weighted by molar-refractivity contribution is 1.32. The van der Waals surface area contributed by atoms with E-state index in [4.69, 9.17) is 11.0 Å². The van der Waals surface area contributed by atoms with Crippen molar-refractivity contribution in [2.24, 2.45) is 0 Å². The van der Waals surface area contributed by atoms with E-state index in [1.807, 2.05) is 25.1 Å². The van der Waals surface area contributed by atoms with Crippen molar-refractivity contribution >= 4 is 17.2 Å². The van der Waals surface area contributed by atoms with Gasteiger partial charge in [-0.3, -0.25) is 0 Å². The van der Waals surface area contributed by atoms with Crippen molar-refractivity contribution in [2.75, 3.05) is 11.1 Å². The van der Waals surface area contributed by atoms with Gasteiger partial charge in [0.25, 0.3) is 0 Å². The van der Waals surface area contributed by atoms with Crippen molar-refractivity contribution < 1.29 is 0 Å². The van der Waals surface area contributed by atoms with Crippen molar-refractivity contribution in [3.8, 4) is 6.07 Å². The molecule has 1 heterocycles. The Morgan fingerprint density at radius 2 is 2.12 bits per heavy atom. The van der Waals surface area contributed by atoms with Gasteiger partial charge in [-0.2, -0.15) is 5.26 Å². The Morgan fingerprint density at radius 1 is 1.29 bits per heavy atom. The van der Waals surface area contributed by atoms with Gasteiger partial charge in [-0.1, -0.05) is 6.07 Å². The molecular weight excluding hydrogens is 212 g/mol. The topological polar surface area (TPSA) is 74.7 Å². The number of nitrogens with zero attached hydrogens (tertiary/aromatic N) is 2. The number of benzene rings is 1. The van der Waals surface area contributed by atoms with Crippen LogP contribution in [-0.2, 0) is 0 Å². The van der Waals surface area contributed by atoms with Crippen LogP contribution in [0.25, 0.3) is 0 Å². The molecule has 0 fully saturated rings. The first-order chi connectivity index (χ1) is 8.19. The summed E-state index contributed by atoms with van der Waals surface area (Å²) in [4.78, 5) is 3.92. The first-order valence-corrected chi connectivity index (χ1v) is 5.18. The molecule has 1 aromatic heterocycles. The number of nitrogen functional groups attached to an aromatic ring is 1. The van der Waals surface area contributed by atoms with Crippen LogP contribution >= 0.6 is 0 Å². The SMILES string of the molecule is Cc1ccc(C#N)cc1Nc1ccnc(N)c1. The van der Waals surface area contributed by atoms with Gasteiger partial charge in [0, 0.05) is 23.6 Å². The predicted molar refractivity (Wildman–Crippen MR) is 67.8 cm³/mol. The minimum absolute atomic E-state index is 0.462. The quantitative estimate of drug-likeness (QED) is 0.822. The number of anilines is 3. The number of hydrogen-bond acceptors (Lipinski definition) is 4. The highest BCUT2D eigenvalue weighted by Crippen LogP contribution is 2.22. The van der Waals surface area contributed by atoms with E-state index in [9.17, 15) is 0 Å². The molecule has 0 unspecified atom stereocenters. The predicted octanol–water partition coefficient (Wildman–Crippen LogP) is 2.59. The maximum absolute atomic E-state index is 8.86. The van der Waals surface area contributed by atoms with Crippen LogP contribution < -0.4 is 11.1 Å². The number of aromatic nitrogens is 1. The molecule has 4 heteroatoms. The molecule has 84 valence electrons. The molecule has 0 aliphatic carbocycles. The van der Waals surface area contributed by atoms with Gasteiger partial charge in [0.2, 0.25) is 0 Å². The van der Waals surface area contributed by atoms with Gasteiger partial charge < -0.3 is 11.1 Å². The van der Waals surface area contributed by atoms with Gasteiger partial charge in [-0.15, -0.1) is 0 Å². The lowest BCUT2D eigenvalue weighted by atomic mass is 10.1. The molecule has 17 heavy (non-hydrogen) atoms. The Bertz CT molecular complexity index is 584. The minimum atomic E-state index is 0.462. The van der Waals surface area contributed by atoms with E-state index in [1.54, 1.807) is 18.3 Å². The average molecular weight is 224 g/mol. The van der Waals surface area contributed by atoms with Gasteiger partial charge in [-0.25, -0.2) is 4.98 Å². The van der Waals surface area contributed by atoms with Crippen molar-refractivity contribution in [1.29, 1.82) is 5.26 Å². The fourth-order valence-corrected chi connectivity index (χ4v) is 1.51. The maximum atomic E-state index is 8.86. The highest BCUT2D eigenvalue weighted by molar-refractivity contribution is 5.66. The van der Waals surface area contributed by atoms with E-state index >= 15 is 0 Å². The van der Waals surface area contributed by atoms with Gasteiger partial charge in [0.05, 0.1) is 11.6 Å². The van der Waals surface area contributed by atoms with Crippen LogP contribution in [0.3, 0.4) is 0 Å². The van der Waals surface area contributed by atoms with Crippen molar-refractivity contribution in [3.05, 3.63) is 47.7 Å². The molecule has 1 aromatic carbocycles. The first kappa shape index (κ1) is 11.0. The zero-order valence-electron chi connectivity index (χ0n) is 9.44. The van der Waals surface area contributed by atoms with Crippen molar-refractivity contribution in [2.45, 2.75) is 6.92 Å². The van der Waals surface area contributed by atoms with Crippen LogP contribution in [0.5, 0.6) is 0 Å². The minimum Gasteiger partial charge on any atom is -0.384 e. The molecule has 0 aliphatic rings. The number of nitriles is 1. The molecule has 0 amide bonds. The van der Waals surface area contributed by atoms with Gasteiger partial charge in [0.15, 0.2) is 0 Å². The summed E-state index contributed by atoms with van der Waals surface area (Å²) in [6, 6.07) is 11.2. The zero-order valence-corrected chi connectivity index (χ0v) is 9.44. The fraction of sp³-hybridized carbons (Fsp3) is 0.0769. The largest absolute Gasteiger partial charge is 0.384 e. The molecule has 0 radical (unpaired) electrons. The molecule has 2 rings (SSSR count). The van der Waals surface area contributed by atoms with Gasteiger partial charge in [-0.05, 0) is 30.7 Å². The second-order valence-electron chi connectivity index (χ2n) is 3.74. The molecule has 3 N–H and O–H groups in total. The van der Waals surface area contributed by atoms with Crippen LogP contribution in [0, 0.1) is 18.3 Å². The van der Waals surface area contributed by atoms with E-state index in [1.165, 1.54) is 0 Å². The molecular formula is C13H12N4. The fourth-order valence-electron chi connectivity index (χ4n) is 1.51. The van der Waals surface area contributed by atoms with Crippen LogP contribution in [0.1, 0.15) is 11.1 Å². The van der Waals surface area contributed by atoms with E-state index < -0.39 is 0 Å². The van der Waals surface area contributed by atoms with Crippen LogP contribution in [0.15, 0.2) is 36.5 Å². The van der Waals surface area contributed by atoms with Crippen LogP contribution in [0.2, 0.25) is 0 Å². The van der Waals surface area contributed by atoms with Gasteiger partial charge in [0.1, 0.15) is 5.82 Å². The lowest BCUT2D eigenvalue weighted by Gasteiger charge is -2.09. The lowest BCUT2D eigenvalue weighted by Crippen LogP contribution is -1.96. The number of rotatable bonds is 2. The van der Waals surface area contributed by atoms with E-state index in [0.29, 0.717) is 11.4 Å². The number of aryl methyl sites for hydroxylation is 1. The molecule has 0 spiro atoms. The number of pyridine rings is 1. The van der Waals surface area contributed by atoms with E-state index in [0.717, 1.165) is 16.9 Å². The first-order valence-electron chi connectivity index (χ1n) is 5.18. The third kappa shape index (κ3) is 2.52. The summed E-state index contributed by atoms with van der Waals surface area (Å²) in [5.41, 5.74) is 9.05. The Balaban J connectivity index is 2.33. The monoisotopic (exact) mass is 224 g/mol. The number of hydrogen-bond donors (Lipinski definition) is 2. The Hall–Kier alpha value is -2.54. The third-order valence-electron chi connectivity index (χ3n) is 2.43. The van der Waals surface area contributed by atoms with Crippen molar-refractivity contribution in [1.82, 2.24) is 4.98 Å². The van der Waals surface area contributed by atoms with E-state index in [-0.39, 0.29) is 0 Å². The average Bonchev–Trinajstić information content (AvgIpc) is 2.32. The summed E-state index contributed by atoms with van der Waals surface area (Å²) in [6.45, 7) is 1.98. The summed E-state index contributed by atoms with van der Waals surface area (Å²) in [6.07, 6.45) is 1.64. The second kappa shape index (κ2) is 4.54. The Labute approximate surface area is 99.7 Å². The molecule has 2 aromatic rings. The molecule has 4 nitrogen and oxygen atoms in total. The maximum Gasteiger partial charge on any atom is 0.125 e. The van der Waals surface area contributed by atoms with E-state index in [2.05, 4.69) is 16.4 Å². The standard InChI is InChI=1S/C13H12N4/c1-9-2-3-10(8-14)6-12(9)17-11-4-5-16-13(15)7-11/h2-7H,1H3,(H3,15,16,17). The Kier molecular flexibility index (Phi) is 2.93. The normalized spacial score (nSPS) is 9.65. The highest BCUT2D eigenvalue weighted by atomic mass is 14.9. The molecule has 0 bridgehead atoms. The zero-order chi connectivity index (χ0) is 12.3. The second-order valence-corrected chi connectivity index (χ2v) is 3.74. The third-order valence-corrected chi connectivity index (χ3v) is 2.43. The summed E-state index contributed by atoms with van der Waals surface area (Å²) >= 11 is 0. The summed E-state index contributed by atoms with van der Waals surface area (Å²) in [5.74, 6) is 0.462. The van der Waals surface area contributed by atoms with Gasteiger partial charge >= 0.3 is 0 Å².